The Kier molecular flexibility index (Phi) is 3.06. The van der Waals surface area contributed by atoms with Gasteiger partial charge in [0.2, 0.25) is 0 Å². The molecule has 1 aliphatic carbocycles. The highest BCUT2D eigenvalue weighted by molar-refractivity contribution is 5.60. The Morgan fingerprint density at radius 3 is 2.82 bits per heavy atom. The van der Waals surface area contributed by atoms with Gasteiger partial charge in [-0.15, -0.1) is 0 Å². The Balaban J connectivity index is 1.78. The maximum absolute atomic E-state index is 9.35. The molecule has 1 N–H and O–H groups in total. The number of hydrogen-bond donors (Lipinski definition) is 1. The van der Waals surface area contributed by atoms with Crippen LogP contribution in [0.25, 0.3) is 0 Å². The van der Waals surface area contributed by atoms with Crippen LogP contribution in [0.2, 0.25) is 0 Å². The second-order valence-corrected chi connectivity index (χ2v) is 5.42. The minimum atomic E-state index is 0.181. The molecule has 0 bridgehead atoms. The second-order valence-electron chi connectivity index (χ2n) is 5.42. The minimum Gasteiger partial charge on any atom is -0.392 e. The lowest BCUT2D eigenvalue weighted by Crippen LogP contribution is -2.26. The smallest absolute Gasteiger partial charge is 0.0685 e. The van der Waals surface area contributed by atoms with Crippen LogP contribution in [-0.4, -0.2) is 18.2 Å². The summed E-state index contributed by atoms with van der Waals surface area (Å²) in [7, 11) is 0. The molecule has 1 aliphatic heterocycles. The largest absolute Gasteiger partial charge is 0.392 e. The lowest BCUT2D eigenvalue weighted by Gasteiger charge is -2.23. The van der Waals surface area contributed by atoms with Gasteiger partial charge in [-0.25, -0.2) is 0 Å². The highest BCUT2D eigenvalue weighted by Gasteiger charge is 2.25. The van der Waals surface area contributed by atoms with E-state index in [1.807, 2.05) is 0 Å². The van der Waals surface area contributed by atoms with Crippen LogP contribution in [0.3, 0.4) is 0 Å². The lowest BCUT2D eigenvalue weighted by atomic mass is 10.1. The third kappa shape index (κ3) is 2.06. The fraction of sp³-hybridized carbons (Fsp3) is 0.600. The number of aliphatic hydroxyl groups excluding tert-OH is 1. The Hall–Kier alpha value is -1.02. The zero-order valence-electron chi connectivity index (χ0n) is 10.4. The number of anilines is 1. The summed E-state index contributed by atoms with van der Waals surface area (Å²) in [6, 6.07) is 6.35. The van der Waals surface area contributed by atoms with Gasteiger partial charge in [0.15, 0.2) is 0 Å². The number of rotatable bonds is 3. The first-order valence-electron chi connectivity index (χ1n) is 6.85. The SMILES string of the molecule is OCc1cccc2c1CCN2CC1CCCC1. The van der Waals surface area contributed by atoms with E-state index in [4.69, 9.17) is 0 Å². The van der Waals surface area contributed by atoms with Crippen LogP contribution in [0.5, 0.6) is 0 Å². The van der Waals surface area contributed by atoms with Gasteiger partial charge in [-0.05, 0) is 42.4 Å². The van der Waals surface area contributed by atoms with Crippen molar-refractivity contribution in [3.63, 3.8) is 0 Å². The van der Waals surface area contributed by atoms with E-state index in [2.05, 4.69) is 23.1 Å². The molecule has 0 saturated heterocycles. The zero-order valence-corrected chi connectivity index (χ0v) is 10.4. The molecule has 0 spiro atoms. The standard InChI is InChI=1S/C15H21NO/c17-11-13-6-3-7-15-14(13)8-9-16(15)10-12-4-1-2-5-12/h3,6-7,12,17H,1-2,4-5,8-11H2. The van der Waals surface area contributed by atoms with Crippen LogP contribution in [-0.2, 0) is 13.0 Å². The minimum absolute atomic E-state index is 0.181. The molecule has 0 atom stereocenters. The van der Waals surface area contributed by atoms with Crippen molar-refractivity contribution in [3.05, 3.63) is 29.3 Å². The van der Waals surface area contributed by atoms with E-state index in [0.717, 1.165) is 24.4 Å². The fourth-order valence-electron chi connectivity index (χ4n) is 3.42. The highest BCUT2D eigenvalue weighted by Crippen LogP contribution is 2.34. The van der Waals surface area contributed by atoms with Crippen molar-refractivity contribution < 1.29 is 5.11 Å². The maximum atomic E-state index is 9.35. The third-order valence-corrected chi connectivity index (χ3v) is 4.34. The quantitative estimate of drug-likeness (QED) is 0.864. The molecule has 3 rings (SSSR count). The van der Waals surface area contributed by atoms with Gasteiger partial charge in [0.1, 0.15) is 0 Å². The predicted octanol–water partition coefficient (Wildman–Crippen LogP) is 2.73. The summed E-state index contributed by atoms with van der Waals surface area (Å²) < 4.78 is 0. The van der Waals surface area contributed by atoms with Crippen molar-refractivity contribution in [2.24, 2.45) is 5.92 Å². The van der Waals surface area contributed by atoms with E-state index in [1.54, 1.807) is 0 Å². The first-order chi connectivity index (χ1) is 8.38. The summed E-state index contributed by atoms with van der Waals surface area (Å²) in [4.78, 5) is 2.53. The van der Waals surface area contributed by atoms with E-state index in [9.17, 15) is 5.11 Å². The summed E-state index contributed by atoms with van der Waals surface area (Å²) in [5.74, 6) is 0.902. The van der Waals surface area contributed by atoms with Crippen molar-refractivity contribution in [1.29, 1.82) is 0 Å². The molecule has 92 valence electrons. The Bertz CT molecular complexity index is 396. The van der Waals surface area contributed by atoms with Gasteiger partial charge in [-0.3, -0.25) is 0 Å². The van der Waals surface area contributed by atoms with Crippen LogP contribution < -0.4 is 4.90 Å². The zero-order chi connectivity index (χ0) is 11.7. The Morgan fingerprint density at radius 2 is 2.06 bits per heavy atom. The first-order valence-corrected chi connectivity index (χ1v) is 6.85. The predicted molar refractivity (Wildman–Crippen MR) is 70.2 cm³/mol. The molecule has 0 aromatic heterocycles. The van der Waals surface area contributed by atoms with Crippen molar-refractivity contribution in [2.45, 2.75) is 38.7 Å². The molecule has 2 heteroatoms. The van der Waals surface area contributed by atoms with Crippen LogP contribution >= 0.6 is 0 Å². The third-order valence-electron chi connectivity index (χ3n) is 4.34. The van der Waals surface area contributed by atoms with E-state index in [1.165, 1.54) is 43.5 Å². The molecule has 2 nitrogen and oxygen atoms in total. The Labute approximate surface area is 103 Å². The molecular formula is C15H21NO. The first kappa shape index (κ1) is 11.1. The van der Waals surface area contributed by atoms with Gasteiger partial charge in [-0.1, -0.05) is 25.0 Å². The molecule has 0 radical (unpaired) electrons. The van der Waals surface area contributed by atoms with Crippen molar-refractivity contribution in [3.8, 4) is 0 Å². The van der Waals surface area contributed by atoms with E-state index < -0.39 is 0 Å². The number of nitrogens with zero attached hydrogens (tertiary/aromatic N) is 1. The molecule has 1 heterocycles. The summed E-state index contributed by atoms with van der Waals surface area (Å²) in [6.45, 7) is 2.55. The van der Waals surface area contributed by atoms with Gasteiger partial charge in [0.25, 0.3) is 0 Å². The second kappa shape index (κ2) is 4.69. The topological polar surface area (TPSA) is 23.5 Å². The van der Waals surface area contributed by atoms with Gasteiger partial charge in [0.05, 0.1) is 6.61 Å². The monoisotopic (exact) mass is 231 g/mol. The molecule has 0 amide bonds. The normalized spacial score (nSPS) is 19.9. The number of fused-ring (bicyclic) bond motifs is 1. The molecule has 0 unspecified atom stereocenters. The van der Waals surface area contributed by atoms with Crippen molar-refractivity contribution in [1.82, 2.24) is 0 Å². The van der Waals surface area contributed by atoms with Crippen molar-refractivity contribution >= 4 is 5.69 Å². The molecule has 1 aromatic carbocycles. The maximum Gasteiger partial charge on any atom is 0.0685 e. The van der Waals surface area contributed by atoms with Gasteiger partial charge in [-0.2, -0.15) is 0 Å². The van der Waals surface area contributed by atoms with Crippen LogP contribution in [0.1, 0.15) is 36.8 Å². The summed E-state index contributed by atoms with van der Waals surface area (Å²) in [6.07, 6.45) is 6.76. The van der Waals surface area contributed by atoms with Gasteiger partial charge >= 0.3 is 0 Å². The average Bonchev–Trinajstić information content (AvgIpc) is 2.99. The summed E-state index contributed by atoms with van der Waals surface area (Å²) >= 11 is 0. The average molecular weight is 231 g/mol. The molecular weight excluding hydrogens is 210 g/mol. The lowest BCUT2D eigenvalue weighted by molar-refractivity contribution is 0.281. The van der Waals surface area contributed by atoms with Crippen LogP contribution in [0.15, 0.2) is 18.2 Å². The number of aliphatic hydroxyl groups is 1. The molecule has 2 aliphatic rings. The summed E-state index contributed by atoms with van der Waals surface area (Å²) in [5.41, 5.74) is 3.88. The molecule has 1 aromatic rings. The van der Waals surface area contributed by atoms with Gasteiger partial charge < -0.3 is 10.0 Å². The van der Waals surface area contributed by atoms with Gasteiger partial charge in [0, 0.05) is 18.8 Å². The Morgan fingerprint density at radius 1 is 1.24 bits per heavy atom. The molecule has 1 fully saturated rings. The highest BCUT2D eigenvalue weighted by atomic mass is 16.3. The molecule has 1 saturated carbocycles. The number of hydrogen-bond acceptors (Lipinski definition) is 2. The van der Waals surface area contributed by atoms with Crippen LogP contribution in [0, 0.1) is 5.92 Å². The molecule has 17 heavy (non-hydrogen) atoms. The number of benzene rings is 1. The van der Waals surface area contributed by atoms with Crippen molar-refractivity contribution in [2.75, 3.05) is 18.0 Å². The van der Waals surface area contributed by atoms with E-state index in [0.29, 0.717) is 0 Å². The van der Waals surface area contributed by atoms with E-state index in [-0.39, 0.29) is 6.61 Å². The van der Waals surface area contributed by atoms with E-state index >= 15 is 0 Å². The fourth-order valence-corrected chi connectivity index (χ4v) is 3.42. The summed E-state index contributed by atoms with van der Waals surface area (Å²) in [5, 5.41) is 9.35. The van der Waals surface area contributed by atoms with Crippen LogP contribution in [0.4, 0.5) is 5.69 Å².